The Balaban J connectivity index is 2.78. The number of alkyl halides is 3. The zero-order valence-corrected chi connectivity index (χ0v) is 12.5. The summed E-state index contributed by atoms with van der Waals surface area (Å²) in [6.07, 6.45) is 0. The number of nitrogens with zero attached hydrogens (tertiary/aromatic N) is 1. The second-order valence-electron chi connectivity index (χ2n) is 3.27. The first-order chi connectivity index (χ1) is 7.79. The summed E-state index contributed by atoms with van der Waals surface area (Å²) in [5.74, 6) is 0. The van der Waals surface area contributed by atoms with Crippen LogP contribution in [0.2, 0.25) is 15.1 Å². The molecule has 0 radical (unpaired) electrons. The molecule has 0 atom stereocenters. The number of pyridine rings is 1. The molecule has 0 amide bonds. The molecule has 0 N–H and O–H groups in total. The normalized spacial score (nSPS) is 12.1. The van der Waals surface area contributed by atoms with Crippen LogP contribution in [0, 0.1) is 0 Å². The van der Waals surface area contributed by atoms with Gasteiger partial charge in [0.15, 0.2) is 0 Å². The van der Waals surface area contributed by atoms with Crippen molar-refractivity contribution in [2.24, 2.45) is 0 Å². The predicted molar refractivity (Wildman–Crippen MR) is 76.0 cm³/mol. The molecule has 0 bridgehead atoms. The van der Waals surface area contributed by atoms with Gasteiger partial charge in [-0.2, -0.15) is 0 Å². The smallest absolute Gasteiger partial charge is 0.232 e. The molecular formula is C10H3Cl6N. The molecule has 90 valence electrons. The molecule has 2 aromatic rings. The highest BCUT2D eigenvalue weighted by atomic mass is 35.6. The number of rotatable bonds is 0. The maximum Gasteiger partial charge on any atom is 0.232 e. The Kier molecular flexibility index (Phi) is 3.90. The minimum absolute atomic E-state index is 0.235. The highest BCUT2D eigenvalue weighted by molar-refractivity contribution is 6.66. The number of halogens is 6. The fraction of sp³-hybridized carbons (Fsp3) is 0.100. The van der Waals surface area contributed by atoms with E-state index in [1.807, 2.05) is 0 Å². The van der Waals surface area contributed by atoms with Crippen LogP contribution in [0.4, 0.5) is 0 Å². The summed E-state index contributed by atoms with van der Waals surface area (Å²) in [7, 11) is 0. The van der Waals surface area contributed by atoms with Crippen molar-refractivity contribution in [3.8, 4) is 0 Å². The van der Waals surface area contributed by atoms with Gasteiger partial charge >= 0.3 is 0 Å². The Morgan fingerprint density at radius 3 is 2.00 bits per heavy atom. The first-order valence-electron chi connectivity index (χ1n) is 4.31. The van der Waals surface area contributed by atoms with E-state index >= 15 is 0 Å². The monoisotopic (exact) mass is 347 g/mol. The quantitative estimate of drug-likeness (QED) is 0.530. The Morgan fingerprint density at radius 1 is 0.824 bits per heavy atom. The van der Waals surface area contributed by atoms with Crippen LogP contribution in [0.5, 0.6) is 0 Å². The molecule has 0 aliphatic carbocycles. The van der Waals surface area contributed by atoms with E-state index in [0.717, 1.165) is 0 Å². The number of hydrogen-bond acceptors (Lipinski definition) is 1. The van der Waals surface area contributed by atoms with Crippen LogP contribution in [0.3, 0.4) is 0 Å². The average molecular weight is 350 g/mol. The summed E-state index contributed by atoms with van der Waals surface area (Å²) in [4.78, 5) is 4.19. The Labute approximate surface area is 128 Å². The van der Waals surface area contributed by atoms with Crippen LogP contribution in [0.15, 0.2) is 18.2 Å². The molecule has 1 aromatic carbocycles. The molecule has 1 nitrogen and oxygen atoms in total. The second kappa shape index (κ2) is 4.80. The van der Waals surface area contributed by atoms with Crippen LogP contribution < -0.4 is 0 Å². The summed E-state index contributed by atoms with van der Waals surface area (Å²) in [5, 5.41) is 1.81. The van der Waals surface area contributed by atoms with Crippen molar-refractivity contribution in [2.45, 2.75) is 3.79 Å². The average Bonchev–Trinajstić information content (AvgIpc) is 2.19. The third-order valence-electron chi connectivity index (χ3n) is 2.09. The van der Waals surface area contributed by atoms with Gasteiger partial charge < -0.3 is 0 Å². The van der Waals surface area contributed by atoms with Crippen LogP contribution in [0.25, 0.3) is 10.9 Å². The van der Waals surface area contributed by atoms with Gasteiger partial charge in [-0.25, -0.2) is 4.98 Å². The summed E-state index contributed by atoms with van der Waals surface area (Å²) < 4.78 is -1.63. The molecule has 0 spiro atoms. The molecule has 0 saturated carbocycles. The third-order valence-corrected chi connectivity index (χ3v) is 3.71. The third kappa shape index (κ3) is 2.86. The molecular weight excluding hydrogens is 347 g/mol. The molecule has 1 aromatic heterocycles. The Bertz CT molecular complexity index is 589. The second-order valence-corrected chi connectivity index (χ2v) is 6.77. The summed E-state index contributed by atoms with van der Waals surface area (Å²) in [6, 6.07) is 4.68. The zero-order valence-electron chi connectivity index (χ0n) is 7.95. The first kappa shape index (κ1) is 13.8. The first-order valence-corrected chi connectivity index (χ1v) is 6.58. The molecule has 0 aliphatic heterocycles. The largest absolute Gasteiger partial charge is 0.248 e. The van der Waals surface area contributed by atoms with Gasteiger partial charge in [0.1, 0.15) is 0 Å². The molecule has 1 heterocycles. The maximum atomic E-state index is 6.07. The van der Waals surface area contributed by atoms with Crippen molar-refractivity contribution in [2.75, 3.05) is 0 Å². The van der Waals surface area contributed by atoms with Gasteiger partial charge in [-0.3, -0.25) is 0 Å². The Hall–Kier alpha value is 0.370. The molecule has 0 saturated heterocycles. The fourth-order valence-electron chi connectivity index (χ4n) is 1.33. The van der Waals surface area contributed by atoms with Gasteiger partial charge in [0.2, 0.25) is 3.79 Å². The molecule has 17 heavy (non-hydrogen) atoms. The van der Waals surface area contributed by atoms with Gasteiger partial charge in [0.05, 0.1) is 26.3 Å². The lowest BCUT2D eigenvalue weighted by molar-refractivity contribution is 1.12. The summed E-state index contributed by atoms with van der Waals surface area (Å²) in [5.41, 5.74) is 0.756. The number of fused-ring (bicyclic) bond motifs is 1. The summed E-state index contributed by atoms with van der Waals surface area (Å²) in [6.45, 7) is 0. The predicted octanol–water partition coefficient (Wildman–Crippen LogP) is 6.02. The maximum absolute atomic E-state index is 6.07. The van der Waals surface area contributed by atoms with E-state index in [9.17, 15) is 0 Å². The van der Waals surface area contributed by atoms with Crippen LogP contribution in [-0.4, -0.2) is 4.98 Å². The van der Waals surface area contributed by atoms with E-state index in [4.69, 9.17) is 69.6 Å². The minimum atomic E-state index is -1.63. The van der Waals surface area contributed by atoms with E-state index in [1.165, 1.54) is 6.07 Å². The van der Waals surface area contributed by atoms with Gasteiger partial charge in [-0.1, -0.05) is 69.6 Å². The van der Waals surface area contributed by atoms with Gasteiger partial charge in [-0.15, -0.1) is 0 Å². The van der Waals surface area contributed by atoms with Crippen LogP contribution in [-0.2, 0) is 3.79 Å². The number of aromatic nitrogens is 1. The van der Waals surface area contributed by atoms with Gasteiger partial charge in [0, 0.05) is 5.39 Å². The van der Waals surface area contributed by atoms with Crippen LogP contribution >= 0.6 is 69.6 Å². The van der Waals surface area contributed by atoms with Gasteiger partial charge in [-0.05, 0) is 18.2 Å². The SMILES string of the molecule is Clc1cc2nc(C(Cl)(Cl)Cl)cc(Cl)c2cc1Cl. The number of benzene rings is 1. The van der Waals surface area contributed by atoms with Crippen molar-refractivity contribution in [1.29, 1.82) is 0 Å². The van der Waals surface area contributed by atoms with Crippen molar-refractivity contribution in [1.82, 2.24) is 4.98 Å². The van der Waals surface area contributed by atoms with Crippen molar-refractivity contribution in [3.63, 3.8) is 0 Å². The van der Waals surface area contributed by atoms with Crippen molar-refractivity contribution < 1.29 is 0 Å². The topological polar surface area (TPSA) is 12.9 Å². The Morgan fingerprint density at radius 2 is 1.41 bits per heavy atom. The molecule has 0 fully saturated rings. The van der Waals surface area contributed by atoms with E-state index < -0.39 is 3.79 Å². The molecule has 0 unspecified atom stereocenters. The van der Waals surface area contributed by atoms with Crippen molar-refractivity contribution >= 4 is 80.5 Å². The highest BCUT2D eigenvalue weighted by Gasteiger charge is 2.26. The van der Waals surface area contributed by atoms with E-state index in [2.05, 4.69) is 4.98 Å². The molecule has 7 heteroatoms. The molecule has 0 aliphatic rings. The minimum Gasteiger partial charge on any atom is -0.248 e. The standard InChI is InChI=1S/C10H3Cl6N/c11-5-3-9(10(14,15)16)17-8-2-7(13)6(12)1-4(5)8/h1-3H. The van der Waals surface area contributed by atoms with E-state index in [0.29, 0.717) is 26.0 Å². The summed E-state index contributed by atoms with van der Waals surface area (Å²) >= 11 is 35.1. The fourth-order valence-corrected chi connectivity index (χ4v) is 2.19. The van der Waals surface area contributed by atoms with Gasteiger partial charge in [0.25, 0.3) is 0 Å². The zero-order chi connectivity index (χ0) is 12.8. The van der Waals surface area contributed by atoms with E-state index in [-0.39, 0.29) is 5.69 Å². The lowest BCUT2D eigenvalue weighted by Gasteiger charge is -2.12. The highest BCUT2D eigenvalue weighted by Crippen LogP contribution is 2.40. The van der Waals surface area contributed by atoms with Crippen molar-refractivity contribution in [3.05, 3.63) is 39.0 Å². The lowest BCUT2D eigenvalue weighted by atomic mass is 10.2. The van der Waals surface area contributed by atoms with Crippen LogP contribution in [0.1, 0.15) is 5.69 Å². The van der Waals surface area contributed by atoms with E-state index in [1.54, 1.807) is 12.1 Å². The lowest BCUT2D eigenvalue weighted by Crippen LogP contribution is -2.03. The molecule has 2 rings (SSSR count). The number of hydrogen-bond donors (Lipinski definition) is 0.